The zero-order chi connectivity index (χ0) is 48.2. The van der Waals surface area contributed by atoms with Crippen LogP contribution in [0.5, 0.6) is 0 Å². The fourth-order valence-corrected chi connectivity index (χ4v) is 7.95. The van der Waals surface area contributed by atoms with Crippen molar-refractivity contribution in [1.82, 2.24) is 15.0 Å². The van der Waals surface area contributed by atoms with Gasteiger partial charge in [0.2, 0.25) is 0 Å². The quantitative estimate of drug-likeness (QED) is 0.156. The van der Waals surface area contributed by atoms with E-state index in [4.69, 9.17) is 15.4 Å². The largest absolute Gasteiger partial charge is 0.501 e. The van der Waals surface area contributed by atoms with Crippen molar-refractivity contribution < 1.29 is 35.5 Å². The first-order valence-corrected chi connectivity index (χ1v) is 20.3. The Bertz CT molecular complexity index is 3020. The second-order valence-electron chi connectivity index (χ2n) is 17.9. The molecule has 1 aliphatic carbocycles. The summed E-state index contributed by atoms with van der Waals surface area (Å²) in [5, 5.41) is 1.99. The third kappa shape index (κ3) is 9.54. The summed E-state index contributed by atoms with van der Waals surface area (Å²) in [6, 6.07) is 40.6. The summed E-state index contributed by atoms with van der Waals surface area (Å²) >= 11 is 0. The molecule has 0 unspecified atom stereocenters. The van der Waals surface area contributed by atoms with Crippen molar-refractivity contribution in [3.8, 4) is 44.8 Å². The zero-order valence-electron chi connectivity index (χ0n) is 43.0. The Morgan fingerprint density at radius 3 is 2.15 bits per heavy atom. The molecule has 4 nitrogen and oxygen atoms in total. The summed E-state index contributed by atoms with van der Waals surface area (Å²) in [6.45, 7) is 8.04. The van der Waals surface area contributed by atoms with E-state index in [0.717, 1.165) is 45.9 Å². The van der Waals surface area contributed by atoms with Crippen LogP contribution in [-0.4, -0.2) is 15.0 Å². The van der Waals surface area contributed by atoms with E-state index < -0.39 is 25.5 Å². The average Bonchev–Trinajstić information content (AvgIpc) is 3.68. The summed E-state index contributed by atoms with van der Waals surface area (Å²) < 4.78 is 69.6. The molecular weight excluding hydrogens is 911 g/mol. The van der Waals surface area contributed by atoms with E-state index in [9.17, 15) is 0 Å². The number of benzene rings is 4. The van der Waals surface area contributed by atoms with E-state index in [1.807, 2.05) is 57.2 Å². The molecule has 0 N–H and O–H groups in total. The van der Waals surface area contributed by atoms with Crippen molar-refractivity contribution in [3.63, 3.8) is 0 Å². The number of furan rings is 1. The number of rotatable bonds is 6. The van der Waals surface area contributed by atoms with Crippen LogP contribution in [0.15, 0.2) is 132 Å². The SMILES string of the molecule is [2H]C([2H])([2H])c1ccc(-c2ccc(C([2H])([2H])C(C)(C)C)cn2)[c-]n1.[2H]C([2H])([2H])c1cnc(-c2[c-]ccc3c2oc2cc(-c4ccccc4)ccc23)cc1-c1ccc(C2(C)CCC(C)(C)CC2)cc1.[Ir]. The summed E-state index contributed by atoms with van der Waals surface area (Å²) in [7, 11) is 0. The van der Waals surface area contributed by atoms with Gasteiger partial charge in [0, 0.05) is 48.9 Å². The van der Waals surface area contributed by atoms with E-state index in [2.05, 4.69) is 103 Å². The number of hydrogen-bond donors (Lipinski definition) is 0. The summed E-state index contributed by atoms with van der Waals surface area (Å²) in [5.74, 6) is 0. The molecule has 0 atom stereocenters. The molecule has 5 heteroatoms. The number of pyridine rings is 3. The standard InChI is InChI=1S/C39H36NO.C16H19N2.Ir/c1-26-25-40-35(24-34(26)28-13-16-30(17-14-28)39(4)21-19-38(2,3)20-22-39)33-12-8-11-32-31-18-15-29(23-36(31)41-37(32)33)27-9-6-5-7-10-27;1-12-5-7-14(11-17-12)15-8-6-13(10-18-15)9-16(2,3)4;/h5-11,13-18,23-25H,19-22H2,1-4H3;5-8,10H,9H2,1-4H3;/q2*-1;/i1D3;1D3,9D2;. The van der Waals surface area contributed by atoms with E-state index in [-0.39, 0.29) is 36.8 Å². The monoisotopic (exact) mass is 974 g/mol. The maximum atomic E-state index is 8.27. The molecule has 0 bridgehead atoms. The molecule has 0 aliphatic heterocycles. The van der Waals surface area contributed by atoms with Crippen LogP contribution in [0.3, 0.4) is 0 Å². The molecule has 0 amide bonds. The smallest absolute Gasteiger partial charge is 0.121 e. The molecule has 307 valence electrons. The Kier molecular flexibility index (Phi) is 9.71. The Morgan fingerprint density at radius 2 is 1.48 bits per heavy atom. The Labute approximate surface area is 381 Å². The van der Waals surface area contributed by atoms with Crippen LogP contribution in [0, 0.1) is 36.8 Å². The predicted octanol–water partition coefficient (Wildman–Crippen LogP) is 14.8. The van der Waals surface area contributed by atoms with Gasteiger partial charge in [0.25, 0.3) is 0 Å². The van der Waals surface area contributed by atoms with Gasteiger partial charge in [0.1, 0.15) is 5.58 Å². The first-order valence-electron chi connectivity index (χ1n) is 24.3. The van der Waals surface area contributed by atoms with E-state index >= 15 is 0 Å². The van der Waals surface area contributed by atoms with Gasteiger partial charge in [-0.15, -0.1) is 35.9 Å². The van der Waals surface area contributed by atoms with Crippen molar-refractivity contribution in [2.24, 2.45) is 10.8 Å². The number of aryl methyl sites for hydroxylation is 2. The Morgan fingerprint density at radius 1 is 0.733 bits per heavy atom. The minimum Gasteiger partial charge on any atom is -0.501 e. The average molecular weight is 974 g/mol. The molecular formula is C55H55IrN3O-2. The summed E-state index contributed by atoms with van der Waals surface area (Å²) in [6.07, 6.45) is 8.91. The number of aromatic nitrogens is 3. The topological polar surface area (TPSA) is 51.8 Å². The number of nitrogens with zero attached hydrogens (tertiary/aromatic N) is 3. The third-order valence-corrected chi connectivity index (χ3v) is 11.6. The Hall–Kier alpha value is -5.22. The molecule has 4 heterocycles. The zero-order valence-corrected chi connectivity index (χ0v) is 37.4. The van der Waals surface area contributed by atoms with Crippen LogP contribution in [-0.2, 0) is 31.9 Å². The van der Waals surface area contributed by atoms with Crippen molar-refractivity contribution >= 4 is 21.9 Å². The van der Waals surface area contributed by atoms with Gasteiger partial charge in [-0.1, -0.05) is 144 Å². The van der Waals surface area contributed by atoms with Crippen molar-refractivity contribution in [2.45, 2.75) is 92.7 Å². The number of hydrogen-bond acceptors (Lipinski definition) is 4. The second-order valence-corrected chi connectivity index (χ2v) is 17.9. The van der Waals surface area contributed by atoms with Crippen LogP contribution in [0.4, 0.5) is 0 Å². The van der Waals surface area contributed by atoms with Gasteiger partial charge >= 0.3 is 0 Å². The van der Waals surface area contributed by atoms with Crippen LogP contribution >= 0.6 is 0 Å². The van der Waals surface area contributed by atoms with Crippen molar-refractivity contribution in [3.05, 3.63) is 162 Å². The molecule has 1 aliphatic rings. The molecule has 4 aromatic heterocycles. The fraction of sp³-hybridized carbons (Fsp3) is 0.291. The van der Waals surface area contributed by atoms with E-state index in [0.29, 0.717) is 44.6 Å². The summed E-state index contributed by atoms with van der Waals surface area (Å²) in [5.41, 5.74) is 9.73. The van der Waals surface area contributed by atoms with Crippen molar-refractivity contribution in [1.29, 1.82) is 0 Å². The van der Waals surface area contributed by atoms with Gasteiger partial charge in [-0.05, 0) is 123 Å². The molecule has 0 saturated heterocycles. The molecule has 1 saturated carbocycles. The third-order valence-electron chi connectivity index (χ3n) is 11.6. The van der Waals surface area contributed by atoms with Crippen LogP contribution in [0.25, 0.3) is 66.7 Å². The molecule has 60 heavy (non-hydrogen) atoms. The molecule has 4 aromatic carbocycles. The van der Waals surface area contributed by atoms with Gasteiger partial charge in [-0.2, -0.15) is 0 Å². The van der Waals surface area contributed by atoms with Gasteiger partial charge < -0.3 is 19.4 Å². The van der Waals surface area contributed by atoms with E-state index in [1.54, 1.807) is 18.2 Å². The molecule has 0 spiro atoms. The molecule has 1 radical (unpaired) electrons. The summed E-state index contributed by atoms with van der Waals surface area (Å²) in [4.78, 5) is 12.8. The Balaban J connectivity index is 0.000000242. The minimum absolute atomic E-state index is 0. The maximum Gasteiger partial charge on any atom is 0.121 e. The van der Waals surface area contributed by atoms with Gasteiger partial charge in [-0.3, -0.25) is 0 Å². The second kappa shape index (κ2) is 17.4. The van der Waals surface area contributed by atoms with Gasteiger partial charge in [-0.25, -0.2) is 0 Å². The normalized spacial score (nSPS) is 17.2. The first-order chi connectivity index (χ1) is 31.4. The van der Waals surface area contributed by atoms with E-state index in [1.165, 1.54) is 36.9 Å². The van der Waals surface area contributed by atoms with Crippen molar-refractivity contribution in [2.75, 3.05) is 0 Å². The number of fused-ring (bicyclic) bond motifs is 3. The van der Waals surface area contributed by atoms with Crippen LogP contribution in [0.1, 0.15) is 101 Å². The fourth-order valence-electron chi connectivity index (χ4n) is 7.95. The predicted molar refractivity (Wildman–Crippen MR) is 245 cm³/mol. The molecule has 9 rings (SSSR count). The molecule has 1 fully saturated rings. The van der Waals surface area contributed by atoms with Crippen LogP contribution < -0.4 is 0 Å². The van der Waals surface area contributed by atoms with Crippen LogP contribution in [0.2, 0.25) is 0 Å². The van der Waals surface area contributed by atoms with Gasteiger partial charge in [0.05, 0.1) is 5.58 Å². The minimum atomic E-state index is -2.30. The maximum absolute atomic E-state index is 8.27. The molecule has 8 aromatic rings. The van der Waals surface area contributed by atoms with Gasteiger partial charge in [0.15, 0.2) is 0 Å². The first kappa shape index (κ1) is 33.5.